The van der Waals surface area contributed by atoms with E-state index in [1.54, 1.807) is 0 Å². The van der Waals surface area contributed by atoms with Crippen molar-refractivity contribution >= 4 is 0 Å². The van der Waals surface area contributed by atoms with Crippen molar-refractivity contribution in [1.29, 1.82) is 0 Å². The van der Waals surface area contributed by atoms with Gasteiger partial charge in [0.05, 0.1) is 6.10 Å². The maximum atomic E-state index is 6.41. The van der Waals surface area contributed by atoms with Crippen molar-refractivity contribution < 1.29 is 23.7 Å². The van der Waals surface area contributed by atoms with Crippen LogP contribution in [-0.4, -0.2) is 25.6 Å². The van der Waals surface area contributed by atoms with E-state index in [1.165, 1.54) is 11.1 Å². The van der Waals surface area contributed by atoms with Gasteiger partial charge in [-0.25, -0.2) is 0 Å². The van der Waals surface area contributed by atoms with Crippen LogP contribution in [0.15, 0.2) is 66.7 Å². The lowest BCUT2D eigenvalue weighted by Gasteiger charge is -2.20. The molecule has 2 aliphatic rings. The van der Waals surface area contributed by atoms with Crippen molar-refractivity contribution in [3.05, 3.63) is 83.4 Å². The highest BCUT2D eigenvalue weighted by molar-refractivity contribution is 5.45. The van der Waals surface area contributed by atoms with Crippen molar-refractivity contribution in [2.45, 2.75) is 38.6 Å². The van der Waals surface area contributed by atoms with Gasteiger partial charge in [-0.2, -0.15) is 0 Å². The highest BCUT2D eigenvalue weighted by Gasteiger charge is 2.38. The molecule has 160 valence electrons. The van der Waals surface area contributed by atoms with E-state index >= 15 is 0 Å². The van der Waals surface area contributed by atoms with Crippen LogP contribution >= 0.6 is 0 Å². The Morgan fingerprint density at radius 3 is 2.23 bits per heavy atom. The summed E-state index contributed by atoms with van der Waals surface area (Å²) in [6.07, 6.45) is 0.313. The molecule has 5 heteroatoms. The molecule has 0 bridgehead atoms. The van der Waals surface area contributed by atoms with Gasteiger partial charge in [-0.05, 0) is 55.8 Å². The Morgan fingerprint density at radius 2 is 1.48 bits per heavy atom. The van der Waals surface area contributed by atoms with Crippen molar-refractivity contribution in [2.75, 3.05) is 13.4 Å². The second-order valence-corrected chi connectivity index (χ2v) is 8.10. The molecule has 1 fully saturated rings. The van der Waals surface area contributed by atoms with E-state index < -0.39 is 0 Å². The van der Waals surface area contributed by atoms with Crippen LogP contribution in [0.2, 0.25) is 0 Å². The summed E-state index contributed by atoms with van der Waals surface area (Å²) in [6.45, 7) is 4.80. The van der Waals surface area contributed by atoms with Crippen LogP contribution in [0.1, 0.15) is 29.2 Å². The minimum absolute atomic E-state index is 0.100. The Labute approximate surface area is 182 Å². The fourth-order valence-electron chi connectivity index (χ4n) is 3.92. The minimum Gasteiger partial charge on any atom is -0.491 e. The van der Waals surface area contributed by atoms with Crippen LogP contribution in [0.5, 0.6) is 23.0 Å². The van der Waals surface area contributed by atoms with E-state index in [4.69, 9.17) is 23.7 Å². The molecular formula is C26H26O5. The molecule has 0 N–H and O–H groups in total. The van der Waals surface area contributed by atoms with Crippen LogP contribution in [0, 0.1) is 13.8 Å². The average molecular weight is 418 g/mol. The number of fused-ring (bicyclic) bond motifs is 1. The Bertz CT molecular complexity index is 1030. The number of hydrogen-bond donors (Lipinski definition) is 0. The van der Waals surface area contributed by atoms with Crippen LogP contribution < -0.4 is 18.9 Å². The van der Waals surface area contributed by atoms with E-state index in [0.717, 1.165) is 35.0 Å². The summed E-state index contributed by atoms with van der Waals surface area (Å²) in [5.41, 5.74) is 3.46. The fourth-order valence-corrected chi connectivity index (χ4v) is 3.92. The molecule has 3 atom stereocenters. The second-order valence-electron chi connectivity index (χ2n) is 8.10. The zero-order valence-corrected chi connectivity index (χ0v) is 17.7. The average Bonchev–Trinajstić information content (AvgIpc) is 3.41. The van der Waals surface area contributed by atoms with Gasteiger partial charge in [0.1, 0.15) is 30.3 Å². The Kier molecular flexibility index (Phi) is 5.43. The number of ether oxygens (including phenoxy) is 5. The SMILES string of the molecule is Cc1ccc(OC[C@H]2O[C@@H](c3ccc4c(c3)OCO4)C[C@@H]2Oc2ccc(C)cc2)cc1. The largest absolute Gasteiger partial charge is 0.491 e. The molecule has 5 rings (SSSR count). The highest BCUT2D eigenvalue weighted by Crippen LogP contribution is 2.40. The quantitative estimate of drug-likeness (QED) is 0.537. The van der Waals surface area contributed by atoms with E-state index in [1.807, 2.05) is 54.6 Å². The molecule has 0 amide bonds. The molecule has 0 saturated carbocycles. The monoisotopic (exact) mass is 418 g/mol. The van der Waals surface area contributed by atoms with Crippen LogP contribution in [0.3, 0.4) is 0 Å². The molecule has 0 spiro atoms. The maximum absolute atomic E-state index is 6.41. The lowest BCUT2D eigenvalue weighted by atomic mass is 10.0. The lowest BCUT2D eigenvalue weighted by molar-refractivity contribution is -0.0107. The van der Waals surface area contributed by atoms with Crippen LogP contribution in [0.4, 0.5) is 0 Å². The molecule has 1 saturated heterocycles. The molecule has 5 nitrogen and oxygen atoms in total. The molecule has 3 aromatic carbocycles. The Morgan fingerprint density at radius 1 is 0.806 bits per heavy atom. The second kappa shape index (κ2) is 8.52. The van der Waals surface area contributed by atoms with Crippen molar-refractivity contribution in [2.24, 2.45) is 0 Å². The van der Waals surface area contributed by atoms with Crippen LogP contribution in [0.25, 0.3) is 0 Å². The maximum Gasteiger partial charge on any atom is 0.231 e. The van der Waals surface area contributed by atoms with Gasteiger partial charge in [-0.3, -0.25) is 0 Å². The van der Waals surface area contributed by atoms with Gasteiger partial charge in [-0.1, -0.05) is 41.5 Å². The van der Waals surface area contributed by atoms with Gasteiger partial charge in [0.15, 0.2) is 11.5 Å². The molecule has 2 aliphatic heterocycles. The molecule has 0 radical (unpaired) electrons. The lowest BCUT2D eigenvalue weighted by Crippen LogP contribution is -2.32. The van der Waals surface area contributed by atoms with E-state index in [-0.39, 0.29) is 25.1 Å². The first-order valence-electron chi connectivity index (χ1n) is 10.6. The number of rotatable bonds is 6. The van der Waals surface area contributed by atoms with Crippen LogP contribution in [-0.2, 0) is 4.74 Å². The van der Waals surface area contributed by atoms with Crippen molar-refractivity contribution in [3.8, 4) is 23.0 Å². The van der Waals surface area contributed by atoms with Gasteiger partial charge in [0.25, 0.3) is 0 Å². The first kappa shape index (κ1) is 19.8. The van der Waals surface area contributed by atoms with Crippen molar-refractivity contribution in [3.63, 3.8) is 0 Å². The zero-order chi connectivity index (χ0) is 21.2. The van der Waals surface area contributed by atoms with Crippen molar-refractivity contribution in [1.82, 2.24) is 0 Å². The third kappa shape index (κ3) is 4.47. The van der Waals surface area contributed by atoms with E-state index in [9.17, 15) is 0 Å². The normalized spacial score (nSPS) is 21.8. The Hall–Kier alpha value is -3.18. The fraction of sp³-hybridized carbons (Fsp3) is 0.308. The smallest absolute Gasteiger partial charge is 0.231 e. The number of aryl methyl sites for hydroxylation is 2. The molecule has 0 aromatic heterocycles. The predicted molar refractivity (Wildman–Crippen MR) is 117 cm³/mol. The Balaban J connectivity index is 1.33. The third-order valence-corrected chi connectivity index (χ3v) is 5.71. The minimum atomic E-state index is -0.196. The van der Waals surface area contributed by atoms with Gasteiger partial charge in [0, 0.05) is 6.42 Å². The molecule has 31 heavy (non-hydrogen) atoms. The predicted octanol–water partition coefficient (Wildman–Crippen LogP) is 5.39. The topological polar surface area (TPSA) is 46.2 Å². The third-order valence-electron chi connectivity index (χ3n) is 5.71. The molecule has 3 aromatic rings. The number of hydrogen-bond acceptors (Lipinski definition) is 5. The standard InChI is InChI=1S/C26H26O5/c1-17-3-8-20(9-4-17)27-15-26-25(30-21-10-5-18(2)6-11-21)14-23(31-26)19-7-12-22-24(13-19)29-16-28-22/h3-13,23,25-26H,14-16H2,1-2H3/t23-,25+,26-/m1/s1. The van der Waals surface area contributed by atoms with E-state index in [2.05, 4.69) is 26.0 Å². The van der Waals surface area contributed by atoms with Gasteiger partial charge < -0.3 is 23.7 Å². The first-order valence-corrected chi connectivity index (χ1v) is 10.6. The summed E-state index contributed by atoms with van der Waals surface area (Å²) in [4.78, 5) is 0. The molecule has 2 heterocycles. The first-order chi connectivity index (χ1) is 15.1. The zero-order valence-electron chi connectivity index (χ0n) is 17.7. The van der Waals surface area contributed by atoms with Gasteiger partial charge >= 0.3 is 0 Å². The van der Waals surface area contributed by atoms with Gasteiger partial charge in [0.2, 0.25) is 6.79 Å². The van der Waals surface area contributed by atoms with Gasteiger partial charge in [-0.15, -0.1) is 0 Å². The molecule has 0 aliphatic carbocycles. The summed E-state index contributed by atoms with van der Waals surface area (Å²) in [5.74, 6) is 3.20. The summed E-state index contributed by atoms with van der Waals surface area (Å²) in [5, 5.41) is 0. The molecular weight excluding hydrogens is 392 g/mol. The van der Waals surface area contributed by atoms with E-state index in [0.29, 0.717) is 6.61 Å². The molecule has 0 unspecified atom stereocenters. The summed E-state index contributed by atoms with van der Waals surface area (Å²) in [6, 6.07) is 22.1. The highest BCUT2D eigenvalue weighted by atomic mass is 16.7. The summed E-state index contributed by atoms with van der Waals surface area (Å²) >= 11 is 0. The number of benzene rings is 3. The summed E-state index contributed by atoms with van der Waals surface area (Å²) in [7, 11) is 0. The summed E-state index contributed by atoms with van der Waals surface area (Å²) < 4.78 is 29.8.